The first-order chi connectivity index (χ1) is 22.1. The molecule has 0 amide bonds. The second-order valence-electron chi connectivity index (χ2n) is 13.3. The van der Waals surface area contributed by atoms with E-state index in [1.165, 1.54) is 89.9 Å². The first-order valence-corrected chi connectivity index (χ1v) is 18.0. The lowest BCUT2D eigenvalue weighted by atomic mass is 9.95. The lowest BCUT2D eigenvalue weighted by Gasteiger charge is -2.39. The van der Waals surface area contributed by atoms with Crippen LogP contribution in [0.3, 0.4) is 0 Å². The minimum Gasteiger partial charge on any atom is -0.497 e. The van der Waals surface area contributed by atoms with Crippen molar-refractivity contribution in [3.8, 4) is 5.75 Å². The first kappa shape index (κ1) is 41.3. The second-order valence-corrected chi connectivity index (χ2v) is 13.3. The molecule has 1 aliphatic heterocycles. The fourth-order valence-electron chi connectivity index (χ4n) is 6.97. The highest BCUT2D eigenvalue weighted by Gasteiger charge is 2.64. The molecule has 8 heteroatoms. The van der Waals surface area contributed by atoms with Gasteiger partial charge in [0, 0.05) is 38.9 Å². The summed E-state index contributed by atoms with van der Waals surface area (Å²) in [4.78, 5) is 18.9. The number of benzene rings is 2. The van der Waals surface area contributed by atoms with Crippen LogP contribution in [0.1, 0.15) is 121 Å². The molecule has 1 aliphatic carbocycles. The number of carbonyl (C=O) groups is 1. The molecule has 2 fully saturated rings. The molecule has 0 radical (unpaired) electrons. The summed E-state index contributed by atoms with van der Waals surface area (Å²) in [7, 11) is 3.33. The largest absolute Gasteiger partial charge is 0.497 e. The maximum absolute atomic E-state index is 13.9. The molecule has 2 aromatic carbocycles. The third-order valence-corrected chi connectivity index (χ3v) is 10.0. The topological polar surface area (TPSA) is 51.2 Å². The number of hydrogen-bond acceptors (Lipinski definition) is 6. The molecular weight excluding hydrogens is 631 g/mol. The van der Waals surface area contributed by atoms with Crippen molar-refractivity contribution in [2.24, 2.45) is 0 Å². The van der Waals surface area contributed by atoms with Gasteiger partial charge in [0.1, 0.15) is 11.2 Å². The van der Waals surface area contributed by atoms with Crippen LogP contribution in [0.5, 0.6) is 5.75 Å². The van der Waals surface area contributed by atoms with Gasteiger partial charge >= 0.3 is 5.97 Å². The lowest BCUT2D eigenvalue weighted by molar-refractivity contribution is -0.166. The van der Waals surface area contributed by atoms with Crippen LogP contribution < -0.4 is 4.74 Å². The van der Waals surface area contributed by atoms with Crippen molar-refractivity contribution >= 4 is 30.8 Å². The van der Waals surface area contributed by atoms with E-state index in [-0.39, 0.29) is 36.9 Å². The third-order valence-electron chi connectivity index (χ3n) is 10.0. The highest BCUT2D eigenvalue weighted by atomic mass is 35.5. The third kappa shape index (κ3) is 12.5. The number of nitrogens with zero attached hydrogens (tertiary/aromatic N) is 2. The summed E-state index contributed by atoms with van der Waals surface area (Å²) in [5.41, 5.74) is 1.17. The molecule has 47 heavy (non-hydrogen) atoms. The Morgan fingerprint density at radius 3 is 1.77 bits per heavy atom. The highest BCUT2D eigenvalue weighted by molar-refractivity contribution is 5.88. The fourth-order valence-corrected chi connectivity index (χ4v) is 6.97. The normalized spacial score (nSPS) is 20.1. The molecule has 0 N–H and O–H groups in total. The van der Waals surface area contributed by atoms with Crippen LogP contribution in [-0.4, -0.2) is 68.8 Å². The minimum absolute atomic E-state index is 0. The zero-order valence-corrected chi connectivity index (χ0v) is 31.0. The number of carbonyl (C=O) groups excluding carboxylic acids is 1. The quantitative estimate of drug-likeness (QED) is 0.0905. The Bertz CT molecular complexity index is 1100. The zero-order valence-electron chi connectivity index (χ0n) is 29.3. The lowest BCUT2D eigenvalue weighted by Crippen LogP contribution is -2.49. The molecule has 0 aromatic heterocycles. The van der Waals surface area contributed by atoms with Gasteiger partial charge in [-0.15, -0.1) is 24.8 Å². The van der Waals surface area contributed by atoms with Crippen LogP contribution in [0.2, 0.25) is 0 Å². The Morgan fingerprint density at radius 2 is 1.28 bits per heavy atom. The number of esters is 1. The second kappa shape index (κ2) is 22.7. The minimum atomic E-state index is -0.774. The SMILES string of the molecule is CCCCCCCCCCCCCCCCN1CCN(C(OC(=O)[C@@]2(c3ccc(OC)cc3)C[C@H]2OC)c2ccccc2)CC1.Cl.Cl. The Labute approximate surface area is 298 Å². The molecule has 6 nitrogen and oxygen atoms in total. The standard InChI is InChI=1S/C39H60N2O4.2ClH/c1-4-5-6-7-8-9-10-11-12-13-14-15-16-20-27-40-28-30-41(31-29-40)37(33-21-18-17-19-22-33)45-38(42)39(32-36(39)44-3)34-23-25-35(43-2)26-24-34;;/h17-19,21-26,36-37H,4-16,20,27-32H2,1-3H3;2*1H/t36-,37?,39-;;/m1../s1. The molecule has 266 valence electrons. The number of piperazine rings is 1. The predicted molar refractivity (Wildman–Crippen MR) is 198 cm³/mol. The summed E-state index contributed by atoms with van der Waals surface area (Å²) in [6, 6.07) is 17.9. The van der Waals surface area contributed by atoms with Gasteiger partial charge in [0.25, 0.3) is 0 Å². The van der Waals surface area contributed by atoms with Crippen LogP contribution in [-0.2, 0) is 19.7 Å². The van der Waals surface area contributed by atoms with Gasteiger partial charge < -0.3 is 19.1 Å². The molecule has 3 atom stereocenters. The Kier molecular flexibility index (Phi) is 20.0. The van der Waals surface area contributed by atoms with E-state index in [1.54, 1.807) is 14.2 Å². The number of hydrogen-bond donors (Lipinski definition) is 0. The van der Waals surface area contributed by atoms with E-state index >= 15 is 0 Å². The van der Waals surface area contributed by atoms with Crippen LogP contribution in [0.15, 0.2) is 54.6 Å². The van der Waals surface area contributed by atoms with Crippen molar-refractivity contribution in [2.75, 3.05) is 46.9 Å². The van der Waals surface area contributed by atoms with E-state index < -0.39 is 11.6 Å². The van der Waals surface area contributed by atoms with Gasteiger partial charge in [0.05, 0.1) is 13.2 Å². The molecule has 0 bridgehead atoms. The van der Waals surface area contributed by atoms with Crippen LogP contribution in [0.4, 0.5) is 0 Å². The molecule has 0 spiro atoms. The number of unbranched alkanes of at least 4 members (excludes halogenated alkanes) is 13. The van der Waals surface area contributed by atoms with Crippen molar-refractivity contribution in [3.63, 3.8) is 0 Å². The molecular formula is C39H62Cl2N2O4. The smallest absolute Gasteiger partial charge is 0.321 e. The monoisotopic (exact) mass is 692 g/mol. The van der Waals surface area contributed by atoms with Gasteiger partial charge in [-0.1, -0.05) is 133 Å². The van der Waals surface area contributed by atoms with E-state index in [9.17, 15) is 4.79 Å². The summed E-state index contributed by atoms with van der Waals surface area (Å²) < 4.78 is 17.5. The maximum Gasteiger partial charge on any atom is 0.321 e. The molecule has 2 aliphatic rings. The van der Waals surface area contributed by atoms with Gasteiger partial charge in [-0.05, 0) is 37.1 Å². The fraction of sp³-hybridized carbons (Fsp3) is 0.667. The van der Waals surface area contributed by atoms with E-state index in [0.717, 1.165) is 49.6 Å². The van der Waals surface area contributed by atoms with Crippen LogP contribution >= 0.6 is 24.8 Å². The van der Waals surface area contributed by atoms with Gasteiger partial charge in [0.15, 0.2) is 6.23 Å². The van der Waals surface area contributed by atoms with Crippen molar-refractivity contribution in [3.05, 3.63) is 65.7 Å². The Balaban J connectivity index is 0.00000384. The highest BCUT2D eigenvalue weighted by Crippen LogP contribution is 2.52. The molecule has 1 saturated heterocycles. The number of ether oxygens (including phenoxy) is 3. The summed E-state index contributed by atoms with van der Waals surface area (Å²) in [5.74, 6) is 0.559. The average molecular weight is 694 g/mol. The number of methoxy groups -OCH3 is 2. The predicted octanol–water partition coefficient (Wildman–Crippen LogP) is 9.54. The van der Waals surface area contributed by atoms with E-state index in [1.807, 2.05) is 42.5 Å². The van der Waals surface area contributed by atoms with Gasteiger partial charge in [0.2, 0.25) is 0 Å². The average Bonchev–Trinajstić information content (AvgIpc) is 3.84. The molecule has 1 unspecified atom stereocenters. The van der Waals surface area contributed by atoms with Gasteiger partial charge in [-0.25, -0.2) is 0 Å². The van der Waals surface area contributed by atoms with Gasteiger partial charge in [-0.2, -0.15) is 0 Å². The van der Waals surface area contributed by atoms with E-state index in [2.05, 4.69) is 28.9 Å². The molecule has 2 aromatic rings. The van der Waals surface area contributed by atoms with Crippen molar-refractivity contribution in [1.29, 1.82) is 0 Å². The first-order valence-electron chi connectivity index (χ1n) is 18.0. The van der Waals surface area contributed by atoms with E-state index in [0.29, 0.717) is 6.42 Å². The van der Waals surface area contributed by atoms with Gasteiger partial charge in [-0.3, -0.25) is 9.69 Å². The van der Waals surface area contributed by atoms with Crippen LogP contribution in [0.25, 0.3) is 0 Å². The van der Waals surface area contributed by atoms with Crippen molar-refractivity contribution in [1.82, 2.24) is 9.80 Å². The Hall–Kier alpha value is -1.83. The Morgan fingerprint density at radius 1 is 0.745 bits per heavy atom. The number of rotatable bonds is 22. The summed E-state index contributed by atoms with van der Waals surface area (Å²) in [6.07, 6.45) is 19.5. The van der Waals surface area contributed by atoms with Crippen molar-refractivity contribution in [2.45, 2.75) is 121 Å². The molecule has 4 rings (SSSR count). The summed E-state index contributed by atoms with van der Waals surface area (Å²) >= 11 is 0. The zero-order chi connectivity index (χ0) is 31.7. The number of halogens is 2. The van der Waals surface area contributed by atoms with Crippen LogP contribution in [0, 0.1) is 0 Å². The van der Waals surface area contributed by atoms with E-state index in [4.69, 9.17) is 14.2 Å². The summed E-state index contributed by atoms with van der Waals surface area (Å²) in [6.45, 7) is 7.23. The molecule has 1 saturated carbocycles. The summed E-state index contributed by atoms with van der Waals surface area (Å²) in [5, 5.41) is 0. The molecule has 1 heterocycles. The van der Waals surface area contributed by atoms with Crippen molar-refractivity contribution < 1.29 is 19.0 Å². The maximum atomic E-state index is 13.9.